The number of aromatic nitrogens is 2. The smallest absolute Gasteiger partial charge is 0.194 e. The molecule has 3 nitrogen and oxygen atoms in total. The van der Waals surface area contributed by atoms with Crippen LogP contribution in [0.4, 0.5) is 0 Å². The molecule has 0 saturated heterocycles. The molecule has 0 aliphatic heterocycles. The molecule has 0 aliphatic rings. The van der Waals surface area contributed by atoms with Gasteiger partial charge in [0.15, 0.2) is 4.96 Å². The molecule has 0 aliphatic carbocycles. The molecule has 18 heavy (non-hydrogen) atoms. The summed E-state index contributed by atoms with van der Waals surface area (Å²) in [5.41, 5.74) is 2.08. The second-order valence-electron chi connectivity index (χ2n) is 5.16. The van der Waals surface area contributed by atoms with Crippen LogP contribution >= 0.6 is 11.3 Å². The van der Waals surface area contributed by atoms with E-state index in [1.807, 2.05) is 26.2 Å². The van der Waals surface area contributed by atoms with Crippen molar-refractivity contribution < 1.29 is 0 Å². The molecule has 1 aromatic carbocycles. The minimum absolute atomic E-state index is 0.314. The van der Waals surface area contributed by atoms with Crippen LogP contribution in [0.5, 0.6) is 0 Å². The fraction of sp³-hybridized carbons (Fsp3) is 0.286. The lowest BCUT2D eigenvalue weighted by molar-refractivity contribution is 0.494. The first-order chi connectivity index (χ1) is 8.59. The molecule has 3 aromatic rings. The summed E-state index contributed by atoms with van der Waals surface area (Å²) in [5, 5.41) is 9.09. The van der Waals surface area contributed by atoms with Crippen molar-refractivity contribution in [3.05, 3.63) is 36.2 Å². The molecule has 0 saturated carbocycles. The zero-order valence-electron chi connectivity index (χ0n) is 10.3. The van der Waals surface area contributed by atoms with Crippen molar-refractivity contribution in [2.24, 2.45) is 5.41 Å². The molecule has 4 heteroatoms. The van der Waals surface area contributed by atoms with Gasteiger partial charge in [0.2, 0.25) is 0 Å². The van der Waals surface area contributed by atoms with Gasteiger partial charge in [0.25, 0.3) is 0 Å². The van der Waals surface area contributed by atoms with E-state index >= 15 is 0 Å². The summed E-state index contributed by atoms with van der Waals surface area (Å²) < 4.78 is 3.32. The number of hydrogen-bond donors (Lipinski definition) is 0. The lowest BCUT2D eigenvalue weighted by Crippen LogP contribution is -2.11. The standard InChI is InChI=1S/C14H13N3S/c1-14(2,9-15)8-10-3-4-11-12(7-10)18-13-16-5-6-17(11)13/h3-7H,8H2,1-2H3. The molecule has 0 bridgehead atoms. The third kappa shape index (κ3) is 1.77. The summed E-state index contributed by atoms with van der Waals surface area (Å²) >= 11 is 1.69. The van der Waals surface area contributed by atoms with Gasteiger partial charge in [-0.3, -0.25) is 4.40 Å². The van der Waals surface area contributed by atoms with Crippen LogP contribution in [0, 0.1) is 16.7 Å². The van der Waals surface area contributed by atoms with E-state index in [2.05, 4.69) is 33.7 Å². The fourth-order valence-corrected chi connectivity index (χ4v) is 3.20. The highest BCUT2D eigenvalue weighted by atomic mass is 32.1. The van der Waals surface area contributed by atoms with Crippen molar-refractivity contribution >= 4 is 26.5 Å². The summed E-state index contributed by atoms with van der Waals surface area (Å²) in [6.45, 7) is 3.94. The van der Waals surface area contributed by atoms with Gasteiger partial charge in [0, 0.05) is 12.4 Å². The Bertz CT molecular complexity index is 758. The highest BCUT2D eigenvalue weighted by Gasteiger charge is 2.17. The molecule has 0 N–H and O–H groups in total. The van der Waals surface area contributed by atoms with Gasteiger partial charge in [0.1, 0.15) is 0 Å². The van der Waals surface area contributed by atoms with E-state index in [0.717, 1.165) is 11.4 Å². The van der Waals surface area contributed by atoms with Crippen molar-refractivity contribution in [1.29, 1.82) is 5.26 Å². The number of imidazole rings is 1. The summed E-state index contributed by atoms with van der Waals surface area (Å²) in [4.78, 5) is 5.32. The molecule has 0 atom stereocenters. The molecular formula is C14H13N3S. The van der Waals surface area contributed by atoms with Crippen LogP contribution in [0.25, 0.3) is 15.2 Å². The van der Waals surface area contributed by atoms with Gasteiger partial charge in [-0.15, -0.1) is 0 Å². The quantitative estimate of drug-likeness (QED) is 0.701. The predicted molar refractivity (Wildman–Crippen MR) is 73.7 cm³/mol. The molecule has 0 unspecified atom stereocenters. The van der Waals surface area contributed by atoms with E-state index in [1.54, 1.807) is 11.3 Å². The summed E-state index contributed by atoms with van der Waals surface area (Å²) in [5.74, 6) is 0. The molecule has 2 aromatic heterocycles. The van der Waals surface area contributed by atoms with Gasteiger partial charge in [-0.2, -0.15) is 5.26 Å². The molecule has 90 valence electrons. The summed E-state index contributed by atoms with van der Waals surface area (Å²) in [6.07, 6.45) is 4.57. The third-order valence-corrected chi connectivity index (χ3v) is 4.07. The minimum Gasteiger partial charge on any atom is -0.290 e. The van der Waals surface area contributed by atoms with Crippen molar-refractivity contribution in [2.45, 2.75) is 20.3 Å². The first kappa shape index (κ1) is 11.2. The van der Waals surface area contributed by atoms with E-state index in [-0.39, 0.29) is 5.41 Å². The van der Waals surface area contributed by atoms with Crippen LogP contribution in [-0.4, -0.2) is 9.38 Å². The average Bonchev–Trinajstić information content (AvgIpc) is 2.88. The van der Waals surface area contributed by atoms with Crippen LogP contribution in [0.15, 0.2) is 30.6 Å². The number of thiazole rings is 1. The Hall–Kier alpha value is -1.86. The minimum atomic E-state index is -0.314. The normalized spacial score (nSPS) is 12.1. The Kier molecular flexibility index (Phi) is 2.39. The highest BCUT2D eigenvalue weighted by molar-refractivity contribution is 7.23. The van der Waals surface area contributed by atoms with Crippen LogP contribution in [-0.2, 0) is 6.42 Å². The van der Waals surface area contributed by atoms with Crippen molar-refractivity contribution in [1.82, 2.24) is 9.38 Å². The summed E-state index contributed by atoms with van der Waals surface area (Å²) in [6, 6.07) is 8.74. The lowest BCUT2D eigenvalue weighted by atomic mass is 9.87. The first-order valence-corrected chi connectivity index (χ1v) is 6.66. The largest absolute Gasteiger partial charge is 0.290 e. The van der Waals surface area contributed by atoms with Gasteiger partial charge in [-0.25, -0.2) is 4.98 Å². The predicted octanol–water partition coefficient (Wildman–Crippen LogP) is 3.64. The molecule has 3 rings (SSSR count). The Morgan fingerprint density at radius 3 is 3.06 bits per heavy atom. The Labute approximate surface area is 109 Å². The Morgan fingerprint density at radius 2 is 2.28 bits per heavy atom. The number of nitrogens with zero attached hydrogens (tertiary/aromatic N) is 3. The van der Waals surface area contributed by atoms with Crippen LogP contribution < -0.4 is 0 Å². The molecule has 2 heterocycles. The fourth-order valence-electron chi connectivity index (χ4n) is 2.15. The van der Waals surface area contributed by atoms with E-state index in [1.165, 1.54) is 15.8 Å². The van der Waals surface area contributed by atoms with Gasteiger partial charge >= 0.3 is 0 Å². The Balaban J connectivity index is 2.09. The van der Waals surface area contributed by atoms with Crippen LogP contribution in [0.3, 0.4) is 0 Å². The van der Waals surface area contributed by atoms with E-state index in [0.29, 0.717) is 0 Å². The van der Waals surface area contributed by atoms with Crippen molar-refractivity contribution in [2.75, 3.05) is 0 Å². The second kappa shape index (κ2) is 3.82. The SMILES string of the molecule is CC(C)(C#N)Cc1ccc2c(c1)sc1nccn12. The van der Waals surface area contributed by atoms with E-state index < -0.39 is 0 Å². The lowest BCUT2D eigenvalue weighted by Gasteiger charge is -2.14. The Morgan fingerprint density at radius 1 is 1.44 bits per heavy atom. The third-order valence-electron chi connectivity index (χ3n) is 3.04. The monoisotopic (exact) mass is 255 g/mol. The van der Waals surface area contributed by atoms with Gasteiger partial charge in [-0.05, 0) is 38.0 Å². The number of nitriles is 1. The highest BCUT2D eigenvalue weighted by Crippen LogP contribution is 2.28. The number of benzene rings is 1. The van der Waals surface area contributed by atoms with Crippen LogP contribution in [0.1, 0.15) is 19.4 Å². The topological polar surface area (TPSA) is 41.1 Å². The molecule has 0 fully saturated rings. The first-order valence-electron chi connectivity index (χ1n) is 5.85. The molecule has 0 radical (unpaired) electrons. The maximum absolute atomic E-state index is 9.09. The molecular weight excluding hydrogens is 242 g/mol. The number of hydrogen-bond acceptors (Lipinski definition) is 3. The maximum atomic E-state index is 9.09. The maximum Gasteiger partial charge on any atom is 0.194 e. The van der Waals surface area contributed by atoms with Crippen molar-refractivity contribution in [3.8, 4) is 6.07 Å². The molecule has 0 spiro atoms. The van der Waals surface area contributed by atoms with Crippen LogP contribution in [0.2, 0.25) is 0 Å². The zero-order chi connectivity index (χ0) is 12.8. The van der Waals surface area contributed by atoms with Gasteiger partial charge in [-0.1, -0.05) is 17.4 Å². The number of rotatable bonds is 2. The second-order valence-corrected chi connectivity index (χ2v) is 6.17. The van der Waals surface area contributed by atoms with Crippen molar-refractivity contribution in [3.63, 3.8) is 0 Å². The molecule has 0 amide bonds. The zero-order valence-corrected chi connectivity index (χ0v) is 11.2. The van der Waals surface area contributed by atoms with Gasteiger partial charge < -0.3 is 0 Å². The van der Waals surface area contributed by atoms with E-state index in [4.69, 9.17) is 5.26 Å². The number of fused-ring (bicyclic) bond motifs is 3. The van der Waals surface area contributed by atoms with E-state index in [9.17, 15) is 0 Å². The summed E-state index contributed by atoms with van der Waals surface area (Å²) in [7, 11) is 0. The van der Waals surface area contributed by atoms with Gasteiger partial charge in [0.05, 0.1) is 21.7 Å². The average molecular weight is 255 g/mol.